The molecule has 1 heterocycles. The number of anilines is 1. The van der Waals surface area contributed by atoms with E-state index in [-0.39, 0.29) is 35.3 Å². The zero-order valence-electron chi connectivity index (χ0n) is 24.8. The maximum atomic E-state index is 12.9. The first-order chi connectivity index (χ1) is 20.4. The van der Waals surface area contributed by atoms with Crippen molar-refractivity contribution in [2.45, 2.75) is 62.3 Å². The van der Waals surface area contributed by atoms with Crippen molar-refractivity contribution in [1.82, 2.24) is 5.32 Å². The average molecular weight is 619 g/mol. The molecule has 0 spiro atoms. The van der Waals surface area contributed by atoms with Crippen LogP contribution in [0.3, 0.4) is 0 Å². The molecule has 0 bridgehead atoms. The van der Waals surface area contributed by atoms with Crippen LogP contribution in [0.25, 0.3) is 0 Å². The van der Waals surface area contributed by atoms with E-state index in [0.717, 1.165) is 47.5 Å². The Morgan fingerprint density at radius 2 is 1.63 bits per heavy atom. The molecule has 3 aromatic rings. The van der Waals surface area contributed by atoms with Crippen molar-refractivity contribution in [3.05, 3.63) is 95.1 Å². The predicted octanol–water partition coefficient (Wildman–Crippen LogP) is 5.84. The number of hydrogen-bond acceptors (Lipinski definition) is 6. The van der Waals surface area contributed by atoms with Gasteiger partial charge in [-0.25, -0.2) is 8.42 Å². The van der Waals surface area contributed by atoms with Gasteiger partial charge in [0.2, 0.25) is 0 Å². The van der Waals surface area contributed by atoms with Crippen LogP contribution in [-0.4, -0.2) is 58.2 Å². The number of nitrogens with one attached hydrogen (secondary N) is 1. The van der Waals surface area contributed by atoms with Crippen LogP contribution in [0.5, 0.6) is 0 Å². The van der Waals surface area contributed by atoms with Gasteiger partial charge in [0.1, 0.15) is 0 Å². The van der Waals surface area contributed by atoms with Crippen LogP contribution in [0.15, 0.2) is 77.7 Å². The molecule has 10 heteroatoms. The molecule has 2 unspecified atom stereocenters. The zero-order chi connectivity index (χ0) is 31.2. The van der Waals surface area contributed by atoms with Crippen LogP contribution in [0, 0.1) is 5.92 Å². The van der Waals surface area contributed by atoms with Gasteiger partial charge in [-0.2, -0.15) is 13.2 Å². The first-order valence-electron chi connectivity index (χ1n) is 14.6. The number of hydrogen-bond donors (Lipinski definition) is 2. The molecule has 1 saturated heterocycles. The molecule has 0 aromatic heterocycles. The van der Waals surface area contributed by atoms with Gasteiger partial charge in [-0.15, -0.1) is 0 Å². The summed E-state index contributed by atoms with van der Waals surface area (Å²) in [5, 5.41) is 13.6. The van der Waals surface area contributed by atoms with Gasteiger partial charge in [-0.1, -0.05) is 43.3 Å². The molecule has 2 N–H and O–H groups in total. The molecule has 3 aromatic carbocycles. The quantitative estimate of drug-likeness (QED) is 0.251. The van der Waals surface area contributed by atoms with Gasteiger partial charge in [-0.3, -0.25) is 0 Å². The Morgan fingerprint density at radius 3 is 2.19 bits per heavy atom. The van der Waals surface area contributed by atoms with Crippen LogP contribution in [0.2, 0.25) is 0 Å². The number of ether oxygens (including phenoxy) is 1. The third-order valence-corrected chi connectivity index (χ3v) is 10.2. The molecule has 4 rings (SSSR count). The van der Waals surface area contributed by atoms with Gasteiger partial charge in [0.25, 0.3) is 0 Å². The molecule has 0 aliphatic carbocycles. The summed E-state index contributed by atoms with van der Waals surface area (Å²) in [4.78, 5) is 2.61. The summed E-state index contributed by atoms with van der Waals surface area (Å²) >= 11 is 0. The molecule has 1 aliphatic rings. The van der Waals surface area contributed by atoms with Crippen LogP contribution in [0.4, 0.5) is 18.9 Å². The Hall–Kier alpha value is -2.92. The molecule has 6 nitrogen and oxygen atoms in total. The van der Waals surface area contributed by atoms with Gasteiger partial charge in [-0.05, 0) is 78.8 Å². The molecule has 1 aliphatic heterocycles. The molecule has 0 saturated carbocycles. The molecule has 0 radical (unpaired) electrons. The van der Waals surface area contributed by atoms with E-state index in [1.54, 1.807) is 50.4 Å². The Kier molecular flexibility index (Phi) is 10.9. The van der Waals surface area contributed by atoms with E-state index >= 15 is 0 Å². The average Bonchev–Trinajstić information content (AvgIpc) is 3.39. The van der Waals surface area contributed by atoms with E-state index < -0.39 is 21.6 Å². The number of sulfone groups is 1. The molecule has 4 atom stereocenters. The lowest BCUT2D eigenvalue weighted by Gasteiger charge is -2.27. The molecule has 1 fully saturated rings. The van der Waals surface area contributed by atoms with E-state index in [1.165, 1.54) is 0 Å². The summed E-state index contributed by atoms with van der Waals surface area (Å²) in [5.41, 5.74) is 3.30. The van der Waals surface area contributed by atoms with Crippen LogP contribution in [0.1, 0.15) is 48.4 Å². The summed E-state index contributed by atoms with van der Waals surface area (Å²) in [6, 6.07) is 20.6. The minimum absolute atomic E-state index is 0.0423. The summed E-state index contributed by atoms with van der Waals surface area (Å²) in [6.45, 7) is 5.50. The van der Waals surface area contributed by atoms with Crippen molar-refractivity contribution in [1.29, 1.82) is 0 Å². The number of alkyl halides is 3. The number of benzene rings is 3. The first-order valence-corrected chi connectivity index (χ1v) is 16.3. The molecular weight excluding hydrogens is 577 g/mol. The highest BCUT2D eigenvalue weighted by Crippen LogP contribution is 2.33. The summed E-state index contributed by atoms with van der Waals surface area (Å²) in [7, 11) is -1.60. The number of aliphatic hydroxyl groups is 1. The van der Waals surface area contributed by atoms with Gasteiger partial charge < -0.3 is 20.1 Å². The van der Waals surface area contributed by atoms with Gasteiger partial charge in [0.15, 0.2) is 9.84 Å². The molecule has 234 valence electrons. The van der Waals surface area contributed by atoms with Crippen molar-refractivity contribution < 1.29 is 31.4 Å². The standard InChI is InChI=1S/C33H41F3N2O4S/c1-4-43(40,41)31-15-9-27(10-16-31)32(21-39)23(2)37-19-25-7-13-29(14-8-25)38-20-26(18-30(38)22-42-3)17-24-5-11-28(12-6-24)33(34,35)36/h5-16,23,26,30,32,37,39H,4,17-22H2,1-3H3/t23?,26?,30-,32+/m0/s1. The smallest absolute Gasteiger partial charge is 0.396 e. The van der Waals surface area contributed by atoms with Crippen LogP contribution in [-0.2, 0) is 33.7 Å². The lowest BCUT2D eigenvalue weighted by molar-refractivity contribution is -0.137. The second-order valence-electron chi connectivity index (χ2n) is 11.4. The Bertz CT molecular complexity index is 1410. The SMILES string of the molecule is CCS(=O)(=O)c1ccc([C@H](CO)C(C)NCc2ccc(N3CC(Cc4ccc(C(F)(F)F)cc4)C[C@H]3COC)cc2)cc1. The van der Waals surface area contributed by atoms with Crippen molar-refractivity contribution in [2.75, 3.05) is 37.5 Å². The highest BCUT2D eigenvalue weighted by molar-refractivity contribution is 7.91. The monoisotopic (exact) mass is 618 g/mol. The fraction of sp³-hybridized carbons (Fsp3) is 0.455. The van der Waals surface area contributed by atoms with E-state index in [9.17, 15) is 26.7 Å². The summed E-state index contributed by atoms with van der Waals surface area (Å²) in [6.07, 6.45) is -2.73. The minimum atomic E-state index is -4.33. The van der Waals surface area contributed by atoms with E-state index in [4.69, 9.17) is 4.74 Å². The number of aliphatic hydroxyl groups excluding tert-OH is 1. The second kappa shape index (κ2) is 14.2. The highest BCUT2D eigenvalue weighted by atomic mass is 32.2. The molecule has 43 heavy (non-hydrogen) atoms. The van der Waals surface area contributed by atoms with Crippen molar-refractivity contribution >= 4 is 15.5 Å². The van der Waals surface area contributed by atoms with Gasteiger partial charge in [0.05, 0.1) is 35.5 Å². The largest absolute Gasteiger partial charge is 0.416 e. The van der Waals surface area contributed by atoms with E-state index in [0.29, 0.717) is 25.5 Å². The second-order valence-corrected chi connectivity index (χ2v) is 13.6. The normalized spacial score (nSPS) is 19.0. The maximum absolute atomic E-state index is 12.9. The predicted molar refractivity (Wildman–Crippen MR) is 163 cm³/mol. The zero-order valence-corrected chi connectivity index (χ0v) is 25.7. The number of halogens is 3. The lowest BCUT2D eigenvalue weighted by Crippen LogP contribution is -2.34. The van der Waals surface area contributed by atoms with Gasteiger partial charge >= 0.3 is 6.18 Å². The van der Waals surface area contributed by atoms with E-state index in [1.807, 2.05) is 6.92 Å². The third kappa shape index (κ3) is 8.38. The first kappa shape index (κ1) is 33.0. The fourth-order valence-corrected chi connectivity index (χ4v) is 6.74. The Labute approximate surface area is 252 Å². The third-order valence-electron chi connectivity index (χ3n) is 8.41. The van der Waals surface area contributed by atoms with Crippen LogP contribution < -0.4 is 10.2 Å². The lowest BCUT2D eigenvalue weighted by atomic mass is 9.93. The number of methoxy groups -OCH3 is 1. The summed E-state index contributed by atoms with van der Waals surface area (Å²) < 4.78 is 68.6. The number of nitrogens with zero attached hydrogens (tertiary/aromatic N) is 1. The molecule has 0 amide bonds. The maximum Gasteiger partial charge on any atom is 0.416 e. The summed E-state index contributed by atoms with van der Waals surface area (Å²) in [5.74, 6) is 0.143. The minimum Gasteiger partial charge on any atom is -0.396 e. The van der Waals surface area contributed by atoms with Gasteiger partial charge in [0, 0.05) is 37.8 Å². The van der Waals surface area contributed by atoms with Crippen molar-refractivity contribution in [3.8, 4) is 0 Å². The fourth-order valence-electron chi connectivity index (χ4n) is 5.86. The van der Waals surface area contributed by atoms with Crippen molar-refractivity contribution in [2.24, 2.45) is 5.92 Å². The Balaban J connectivity index is 1.36. The molecular formula is C33H41F3N2O4S. The van der Waals surface area contributed by atoms with Crippen molar-refractivity contribution in [3.63, 3.8) is 0 Å². The topological polar surface area (TPSA) is 78.9 Å². The van der Waals surface area contributed by atoms with E-state index in [2.05, 4.69) is 34.5 Å². The van der Waals surface area contributed by atoms with Crippen LogP contribution >= 0.6 is 0 Å². The highest BCUT2D eigenvalue weighted by Gasteiger charge is 2.33. The number of rotatable bonds is 13. The Morgan fingerprint density at radius 1 is 1.00 bits per heavy atom.